The van der Waals surface area contributed by atoms with Gasteiger partial charge in [-0.1, -0.05) is 20.8 Å². The third-order valence-corrected chi connectivity index (χ3v) is 6.65. The lowest BCUT2D eigenvalue weighted by atomic mass is 9.71. The third kappa shape index (κ3) is 5.46. The number of hydrogen-bond donors (Lipinski definition) is 1. The van der Waals surface area contributed by atoms with Gasteiger partial charge in [0.1, 0.15) is 0 Å². The van der Waals surface area contributed by atoms with Crippen molar-refractivity contribution in [3.8, 4) is 0 Å². The average molecular weight is 323 g/mol. The summed E-state index contributed by atoms with van der Waals surface area (Å²) in [5.41, 5.74) is 0.837. The Bertz CT molecular complexity index is 347. The Morgan fingerprint density at radius 3 is 1.78 bits per heavy atom. The highest BCUT2D eigenvalue weighted by Gasteiger charge is 2.32. The zero-order valence-corrected chi connectivity index (χ0v) is 16.9. The summed E-state index contributed by atoms with van der Waals surface area (Å²) < 4.78 is 0. The summed E-state index contributed by atoms with van der Waals surface area (Å²) in [7, 11) is 0. The van der Waals surface area contributed by atoms with Crippen molar-refractivity contribution >= 4 is 0 Å². The Balaban J connectivity index is 1.73. The van der Waals surface area contributed by atoms with E-state index in [2.05, 4.69) is 58.7 Å². The van der Waals surface area contributed by atoms with E-state index in [4.69, 9.17) is 0 Å². The number of rotatable bonds is 3. The molecule has 1 saturated carbocycles. The summed E-state index contributed by atoms with van der Waals surface area (Å²) in [5.74, 6) is 1.79. The molecule has 0 radical (unpaired) electrons. The SMILES string of the molecule is CC(NC1CCC(C(C)(C)C)CC1)C1CCN(C(C)(C)C)CC1. The van der Waals surface area contributed by atoms with Crippen LogP contribution in [0.5, 0.6) is 0 Å². The van der Waals surface area contributed by atoms with E-state index < -0.39 is 0 Å². The number of likely N-dealkylation sites (tertiary alicyclic amines) is 1. The molecular weight excluding hydrogens is 280 g/mol. The molecule has 0 aromatic rings. The lowest BCUT2D eigenvalue weighted by Gasteiger charge is -2.43. The number of nitrogens with one attached hydrogen (secondary N) is 1. The molecule has 1 N–H and O–H groups in total. The maximum atomic E-state index is 4.00. The lowest BCUT2D eigenvalue weighted by molar-refractivity contribution is 0.0742. The normalized spacial score (nSPS) is 30.4. The average Bonchev–Trinajstić information content (AvgIpc) is 2.46. The summed E-state index contributed by atoms with van der Waals surface area (Å²) in [6.07, 6.45) is 8.32. The fourth-order valence-electron chi connectivity index (χ4n) is 4.70. The minimum Gasteiger partial charge on any atom is -0.311 e. The molecular formula is C21H42N2. The summed E-state index contributed by atoms with van der Waals surface area (Å²) in [6, 6.07) is 1.46. The van der Waals surface area contributed by atoms with Crippen LogP contribution >= 0.6 is 0 Å². The third-order valence-electron chi connectivity index (χ3n) is 6.65. The van der Waals surface area contributed by atoms with Crippen LogP contribution in [0.2, 0.25) is 0 Å². The molecule has 2 nitrogen and oxygen atoms in total. The van der Waals surface area contributed by atoms with Crippen molar-refractivity contribution in [3.05, 3.63) is 0 Å². The highest BCUT2D eigenvalue weighted by atomic mass is 15.2. The molecule has 0 spiro atoms. The van der Waals surface area contributed by atoms with Crippen molar-refractivity contribution in [3.63, 3.8) is 0 Å². The molecule has 2 fully saturated rings. The van der Waals surface area contributed by atoms with Gasteiger partial charge >= 0.3 is 0 Å². The molecule has 0 aromatic carbocycles. The van der Waals surface area contributed by atoms with Crippen molar-refractivity contribution in [2.75, 3.05) is 13.1 Å². The van der Waals surface area contributed by atoms with Gasteiger partial charge in [0.15, 0.2) is 0 Å². The van der Waals surface area contributed by atoms with Gasteiger partial charge in [0, 0.05) is 17.6 Å². The monoisotopic (exact) mass is 322 g/mol. The van der Waals surface area contributed by atoms with Crippen LogP contribution in [-0.4, -0.2) is 35.6 Å². The smallest absolute Gasteiger partial charge is 0.0125 e. The van der Waals surface area contributed by atoms with Gasteiger partial charge in [0.05, 0.1) is 0 Å². The molecule has 2 heteroatoms. The van der Waals surface area contributed by atoms with Crippen molar-refractivity contribution in [2.45, 2.75) is 105 Å². The Morgan fingerprint density at radius 1 is 0.826 bits per heavy atom. The summed E-state index contributed by atoms with van der Waals surface area (Å²) >= 11 is 0. The molecule has 23 heavy (non-hydrogen) atoms. The molecule has 1 heterocycles. The molecule has 0 amide bonds. The van der Waals surface area contributed by atoms with Gasteiger partial charge < -0.3 is 5.32 Å². The number of piperidine rings is 1. The first-order chi connectivity index (χ1) is 10.6. The Hall–Kier alpha value is -0.0800. The Labute approximate surface area is 145 Å². The molecule has 136 valence electrons. The van der Waals surface area contributed by atoms with E-state index in [9.17, 15) is 0 Å². The van der Waals surface area contributed by atoms with Gasteiger partial charge in [-0.2, -0.15) is 0 Å². The first kappa shape index (κ1) is 19.2. The standard InChI is InChI=1S/C21H42N2/c1-16(17-12-14-23(15-13-17)21(5,6)7)22-19-10-8-18(9-11-19)20(2,3)4/h16-19,22H,8-15H2,1-7H3. The van der Waals surface area contributed by atoms with Crippen LogP contribution in [0.3, 0.4) is 0 Å². The van der Waals surface area contributed by atoms with Gasteiger partial charge in [-0.05, 0) is 96.6 Å². The molecule has 1 aliphatic heterocycles. The number of nitrogens with zero attached hydrogens (tertiary/aromatic N) is 1. The largest absolute Gasteiger partial charge is 0.311 e. The highest BCUT2D eigenvalue weighted by Crippen LogP contribution is 2.38. The van der Waals surface area contributed by atoms with Crippen molar-refractivity contribution in [2.24, 2.45) is 17.3 Å². The van der Waals surface area contributed by atoms with E-state index in [0.717, 1.165) is 17.9 Å². The van der Waals surface area contributed by atoms with Gasteiger partial charge in [-0.25, -0.2) is 0 Å². The predicted molar refractivity (Wildman–Crippen MR) is 102 cm³/mol. The van der Waals surface area contributed by atoms with E-state index in [-0.39, 0.29) is 0 Å². The Kier molecular flexibility index (Phi) is 6.22. The van der Waals surface area contributed by atoms with Gasteiger partial charge in [-0.15, -0.1) is 0 Å². The Morgan fingerprint density at radius 2 is 1.35 bits per heavy atom. The molecule has 0 aromatic heterocycles. The van der Waals surface area contributed by atoms with E-state index >= 15 is 0 Å². The molecule has 0 bridgehead atoms. The quantitative estimate of drug-likeness (QED) is 0.779. The zero-order valence-electron chi connectivity index (χ0n) is 16.9. The van der Waals surface area contributed by atoms with E-state index in [1.54, 1.807) is 0 Å². The summed E-state index contributed by atoms with van der Waals surface area (Å²) in [4.78, 5) is 2.66. The van der Waals surface area contributed by atoms with Crippen LogP contribution in [0.25, 0.3) is 0 Å². The zero-order chi connectivity index (χ0) is 17.3. The predicted octanol–water partition coefficient (Wildman–Crippen LogP) is 5.08. The molecule has 1 aliphatic carbocycles. The maximum Gasteiger partial charge on any atom is 0.0125 e. The van der Waals surface area contributed by atoms with E-state index in [0.29, 0.717) is 17.0 Å². The minimum absolute atomic E-state index is 0.340. The van der Waals surface area contributed by atoms with Crippen LogP contribution in [0.1, 0.15) is 87.0 Å². The molecule has 2 rings (SSSR count). The van der Waals surface area contributed by atoms with Gasteiger partial charge in [0.25, 0.3) is 0 Å². The minimum atomic E-state index is 0.340. The maximum absolute atomic E-state index is 4.00. The van der Waals surface area contributed by atoms with Gasteiger partial charge in [-0.3, -0.25) is 4.90 Å². The summed E-state index contributed by atoms with van der Waals surface area (Å²) in [6.45, 7) is 19.3. The van der Waals surface area contributed by atoms with Crippen molar-refractivity contribution < 1.29 is 0 Å². The fourth-order valence-corrected chi connectivity index (χ4v) is 4.70. The second-order valence-corrected chi connectivity index (χ2v) is 10.4. The van der Waals surface area contributed by atoms with Crippen molar-refractivity contribution in [1.82, 2.24) is 10.2 Å². The van der Waals surface area contributed by atoms with Gasteiger partial charge in [0.2, 0.25) is 0 Å². The number of hydrogen-bond acceptors (Lipinski definition) is 2. The molecule has 1 saturated heterocycles. The van der Waals surface area contributed by atoms with Crippen LogP contribution in [0.15, 0.2) is 0 Å². The van der Waals surface area contributed by atoms with E-state index in [1.807, 2.05) is 0 Å². The van der Waals surface area contributed by atoms with Crippen LogP contribution in [0, 0.1) is 17.3 Å². The van der Waals surface area contributed by atoms with Crippen LogP contribution in [0.4, 0.5) is 0 Å². The second kappa shape index (κ2) is 7.44. The second-order valence-electron chi connectivity index (χ2n) is 10.4. The highest BCUT2D eigenvalue weighted by molar-refractivity contribution is 4.88. The van der Waals surface area contributed by atoms with Crippen molar-refractivity contribution in [1.29, 1.82) is 0 Å². The topological polar surface area (TPSA) is 15.3 Å². The molecule has 2 aliphatic rings. The van der Waals surface area contributed by atoms with Crippen LogP contribution < -0.4 is 5.32 Å². The first-order valence-electron chi connectivity index (χ1n) is 10.1. The molecule has 1 unspecified atom stereocenters. The van der Waals surface area contributed by atoms with Crippen LogP contribution in [-0.2, 0) is 0 Å². The fraction of sp³-hybridized carbons (Fsp3) is 1.00. The van der Waals surface area contributed by atoms with E-state index in [1.165, 1.54) is 51.6 Å². The lowest BCUT2D eigenvalue weighted by Crippen LogP contribution is -2.50. The molecule has 1 atom stereocenters. The summed E-state index contributed by atoms with van der Waals surface area (Å²) in [5, 5.41) is 4.00. The first-order valence-corrected chi connectivity index (χ1v) is 10.1.